The van der Waals surface area contributed by atoms with Gasteiger partial charge in [-0.15, -0.1) is 0 Å². The molecule has 0 aromatic carbocycles. The summed E-state index contributed by atoms with van der Waals surface area (Å²) in [7, 11) is 0. The monoisotopic (exact) mass is 336 g/mol. The number of carbonyl (C=O) groups excluding carboxylic acids is 1. The van der Waals surface area contributed by atoms with Crippen molar-refractivity contribution >= 4 is 37.8 Å². The summed E-state index contributed by atoms with van der Waals surface area (Å²) >= 11 is 6.64. The molecule has 0 aromatic rings. The van der Waals surface area contributed by atoms with E-state index in [0.717, 1.165) is 25.7 Å². The normalized spacial score (nSPS) is 22.8. The van der Waals surface area contributed by atoms with Crippen LogP contribution >= 0.6 is 31.9 Å². The highest BCUT2D eigenvalue weighted by Crippen LogP contribution is 2.29. The molecule has 0 saturated heterocycles. The number of nitriles is 1. The highest BCUT2D eigenvalue weighted by molar-refractivity contribution is 9.12. The molecule has 0 heterocycles. The lowest BCUT2D eigenvalue weighted by Crippen LogP contribution is -2.49. The number of rotatable bonds is 3. The van der Waals surface area contributed by atoms with Crippen molar-refractivity contribution in [3.8, 4) is 6.07 Å². The van der Waals surface area contributed by atoms with Crippen molar-refractivity contribution < 1.29 is 4.79 Å². The van der Waals surface area contributed by atoms with Crippen molar-refractivity contribution in [3.05, 3.63) is 0 Å². The molecular weight excluding hydrogens is 324 g/mol. The summed E-state index contributed by atoms with van der Waals surface area (Å²) in [5, 5.41) is 11.9. The van der Waals surface area contributed by atoms with E-state index in [-0.39, 0.29) is 15.6 Å². The fourth-order valence-corrected chi connectivity index (χ4v) is 2.11. The van der Waals surface area contributed by atoms with Crippen molar-refractivity contribution in [1.29, 1.82) is 5.26 Å². The minimum absolute atomic E-state index is 0.0506. The number of nitrogens with zero attached hydrogens (tertiary/aromatic N) is 1. The molecule has 3 nitrogen and oxygen atoms in total. The van der Waals surface area contributed by atoms with Crippen LogP contribution in [0.25, 0.3) is 0 Å². The Balaban J connectivity index is 2.61. The van der Waals surface area contributed by atoms with Crippen LogP contribution in [0.15, 0.2) is 0 Å². The molecule has 0 spiro atoms. The van der Waals surface area contributed by atoms with E-state index >= 15 is 0 Å². The summed E-state index contributed by atoms with van der Waals surface area (Å²) in [6.07, 6.45) is 3.58. The third kappa shape index (κ3) is 3.18. The first-order valence-electron chi connectivity index (χ1n) is 5.02. The predicted octanol–water partition coefficient (Wildman–Crippen LogP) is 2.49. The molecule has 1 saturated carbocycles. The van der Waals surface area contributed by atoms with E-state index in [2.05, 4.69) is 43.2 Å². The van der Waals surface area contributed by atoms with Crippen LogP contribution in [0.5, 0.6) is 0 Å². The molecule has 5 heteroatoms. The number of hydrogen-bond acceptors (Lipinski definition) is 2. The Morgan fingerprint density at radius 1 is 1.47 bits per heavy atom. The molecule has 0 aliphatic heterocycles. The van der Waals surface area contributed by atoms with Crippen LogP contribution in [0.4, 0.5) is 0 Å². The van der Waals surface area contributed by atoms with Gasteiger partial charge in [0.25, 0.3) is 0 Å². The summed E-state index contributed by atoms with van der Waals surface area (Å²) in [6, 6.07) is 2.23. The van der Waals surface area contributed by atoms with Crippen LogP contribution in [0.2, 0.25) is 0 Å². The van der Waals surface area contributed by atoms with Crippen molar-refractivity contribution in [2.45, 2.75) is 47.8 Å². The average Bonchev–Trinajstić information content (AvgIpc) is 2.65. The van der Waals surface area contributed by atoms with E-state index in [1.165, 1.54) is 0 Å². The predicted molar refractivity (Wildman–Crippen MR) is 66.1 cm³/mol. The first-order valence-corrected chi connectivity index (χ1v) is 6.85. The molecule has 0 bridgehead atoms. The van der Waals surface area contributed by atoms with E-state index in [0.29, 0.717) is 0 Å². The Bertz CT molecular complexity index is 280. The summed E-state index contributed by atoms with van der Waals surface area (Å²) in [6.45, 7) is 1.90. The molecule has 1 aliphatic carbocycles. The molecule has 0 radical (unpaired) electrons. The Morgan fingerprint density at radius 2 is 2.00 bits per heavy atom. The van der Waals surface area contributed by atoms with E-state index < -0.39 is 5.54 Å². The number of alkyl halides is 2. The number of amides is 1. The fourth-order valence-electron chi connectivity index (χ4n) is 1.76. The fraction of sp³-hybridized carbons (Fsp3) is 0.800. The van der Waals surface area contributed by atoms with Gasteiger partial charge in [0.1, 0.15) is 10.4 Å². The molecule has 1 fully saturated rings. The van der Waals surface area contributed by atoms with Crippen molar-refractivity contribution in [3.63, 3.8) is 0 Å². The molecule has 1 aliphatic rings. The third-order valence-electron chi connectivity index (χ3n) is 2.69. The van der Waals surface area contributed by atoms with E-state index in [4.69, 9.17) is 5.26 Å². The van der Waals surface area contributed by atoms with E-state index in [1.54, 1.807) is 0 Å². The molecular formula is C10H14Br2N2O. The average molecular weight is 338 g/mol. The van der Waals surface area contributed by atoms with Crippen molar-refractivity contribution in [2.24, 2.45) is 0 Å². The van der Waals surface area contributed by atoms with Crippen LogP contribution in [0.3, 0.4) is 0 Å². The second-order valence-electron chi connectivity index (χ2n) is 3.97. The SMILES string of the molecule is CC(Br)C(Br)C(=O)NC1(C#N)CCCC1. The topological polar surface area (TPSA) is 52.9 Å². The molecule has 2 unspecified atom stereocenters. The zero-order chi connectivity index (χ0) is 11.5. The van der Waals surface area contributed by atoms with Crippen molar-refractivity contribution in [1.82, 2.24) is 5.32 Å². The van der Waals surface area contributed by atoms with Gasteiger partial charge in [-0.1, -0.05) is 38.8 Å². The number of hydrogen-bond donors (Lipinski definition) is 1. The van der Waals surface area contributed by atoms with Gasteiger partial charge in [-0.2, -0.15) is 5.26 Å². The third-order valence-corrected chi connectivity index (χ3v) is 5.13. The number of carbonyl (C=O) groups is 1. The Kier molecular flexibility index (Phi) is 4.60. The quantitative estimate of drug-likeness (QED) is 0.804. The highest BCUT2D eigenvalue weighted by Gasteiger charge is 2.37. The number of nitrogens with one attached hydrogen (secondary N) is 1. The Hall–Kier alpha value is -0.0800. The maximum atomic E-state index is 11.8. The van der Waals surface area contributed by atoms with E-state index in [9.17, 15) is 4.79 Å². The lowest BCUT2D eigenvalue weighted by molar-refractivity contribution is -0.121. The second-order valence-corrected chi connectivity index (χ2v) is 6.40. The molecule has 15 heavy (non-hydrogen) atoms. The summed E-state index contributed by atoms with van der Waals surface area (Å²) < 4.78 is 0. The maximum Gasteiger partial charge on any atom is 0.236 e. The van der Waals surface area contributed by atoms with Crippen LogP contribution in [-0.2, 0) is 4.79 Å². The molecule has 1 amide bonds. The largest absolute Gasteiger partial charge is 0.337 e. The minimum Gasteiger partial charge on any atom is -0.337 e. The van der Waals surface area contributed by atoms with Gasteiger partial charge in [0.05, 0.1) is 6.07 Å². The summed E-state index contributed by atoms with van der Waals surface area (Å²) in [5.74, 6) is -0.108. The maximum absolute atomic E-state index is 11.8. The molecule has 1 N–H and O–H groups in total. The molecule has 0 aromatic heterocycles. The van der Waals surface area contributed by atoms with Gasteiger partial charge in [0.2, 0.25) is 5.91 Å². The Morgan fingerprint density at radius 3 is 2.40 bits per heavy atom. The summed E-state index contributed by atoms with van der Waals surface area (Å²) in [5.41, 5.74) is -0.620. The van der Waals surface area contributed by atoms with Gasteiger partial charge >= 0.3 is 0 Å². The summed E-state index contributed by atoms with van der Waals surface area (Å²) in [4.78, 5) is 11.5. The van der Waals surface area contributed by atoms with Gasteiger partial charge < -0.3 is 5.32 Å². The highest BCUT2D eigenvalue weighted by atomic mass is 79.9. The smallest absolute Gasteiger partial charge is 0.236 e. The van der Waals surface area contributed by atoms with Crippen LogP contribution in [-0.4, -0.2) is 21.1 Å². The van der Waals surface area contributed by atoms with Gasteiger partial charge in [0, 0.05) is 4.83 Å². The Labute approximate surface area is 107 Å². The molecule has 1 rings (SSSR count). The minimum atomic E-state index is -0.620. The zero-order valence-electron chi connectivity index (χ0n) is 8.59. The van der Waals surface area contributed by atoms with Gasteiger partial charge in [-0.3, -0.25) is 4.79 Å². The van der Waals surface area contributed by atoms with Crippen LogP contribution < -0.4 is 5.32 Å². The lowest BCUT2D eigenvalue weighted by atomic mass is 9.99. The van der Waals surface area contributed by atoms with E-state index in [1.807, 2.05) is 6.92 Å². The van der Waals surface area contributed by atoms with Gasteiger partial charge in [-0.05, 0) is 25.7 Å². The second kappa shape index (κ2) is 5.31. The first-order chi connectivity index (χ1) is 7.01. The van der Waals surface area contributed by atoms with Crippen LogP contribution in [0.1, 0.15) is 32.6 Å². The van der Waals surface area contributed by atoms with Gasteiger partial charge in [-0.25, -0.2) is 0 Å². The van der Waals surface area contributed by atoms with Crippen molar-refractivity contribution in [2.75, 3.05) is 0 Å². The number of halogens is 2. The lowest BCUT2D eigenvalue weighted by Gasteiger charge is -2.24. The van der Waals surface area contributed by atoms with Crippen LogP contribution in [0, 0.1) is 11.3 Å². The first kappa shape index (κ1) is 13.0. The standard InChI is InChI=1S/C10H14Br2N2O/c1-7(11)8(12)9(15)14-10(6-13)4-2-3-5-10/h7-8H,2-5H2,1H3,(H,14,15). The van der Waals surface area contributed by atoms with Gasteiger partial charge in [0.15, 0.2) is 0 Å². The zero-order valence-corrected chi connectivity index (χ0v) is 11.8. The molecule has 84 valence electrons. The molecule has 2 atom stereocenters.